The molecule has 0 spiro atoms. The van der Waals surface area contributed by atoms with Crippen molar-refractivity contribution in [3.63, 3.8) is 0 Å². The van der Waals surface area contributed by atoms with E-state index < -0.39 is 11.9 Å². The summed E-state index contributed by atoms with van der Waals surface area (Å²) in [5.74, 6) is -1.12. The topological polar surface area (TPSA) is 96.9 Å². The first-order valence-corrected chi connectivity index (χ1v) is 11.3. The van der Waals surface area contributed by atoms with E-state index in [1.54, 1.807) is 48.5 Å². The summed E-state index contributed by atoms with van der Waals surface area (Å²) >= 11 is 13.9. The highest BCUT2D eigenvalue weighted by molar-refractivity contribution is 14.1. The SMILES string of the molecule is O=C(CNC(=O)c1ccccc1I)N/N=C/c1ccc(OC(=O)c2ccc(Cl)cc2Cl)cc1. The van der Waals surface area contributed by atoms with Crippen LogP contribution in [0.5, 0.6) is 5.75 Å². The summed E-state index contributed by atoms with van der Waals surface area (Å²) in [6.07, 6.45) is 1.42. The Morgan fingerprint density at radius 3 is 2.39 bits per heavy atom. The molecule has 33 heavy (non-hydrogen) atoms. The van der Waals surface area contributed by atoms with Gasteiger partial charge >= 0.3 is 5.97 Å². The van der Waals surface area contributed by atoms with Crippen LogP contribution in [0, 0.1) is 3.57 Å². The number of hydrogen-bond acceptors (Lipinski definition) is 5. The van der Waals surface area contributed by atoms with Gasteiger partial charge in [-0.2, -0.15) is 5.10 Å². The van der Waals surface area contributed by atoms with Crippen molar-refractivity contribution < 1.29 is 19.1 Å². The summed E-state index contributed by atoms with van der Waals surface area (Å²) in [5, 5.41) is 7.01. The molecule has 10 heteroatoms. The standard InChI is InChI=1S/C23H16Cl2IN3O4/c24-15-7-10-17(19(25)11-15)23(32)33-16-8-5-14(6-9-16)12-28-29-21(30)13-27-22(31)18-3-1-2-4-20(18)26/h1-12H,13H2,(H,27,31)(H,29,30)/b28-12+. The molecule has 0 bridgehead atoms. The van der Waals surface area contributed by atoms with Crippen molar-refractivity contribution in [3.05, 3.63) is 97.0 Å². The van der Waals surface area contributed by atoms with E-state index in [0.29, 0.717) is 21.9 Å². The fourth-order valence-electron chi connectivity index (χ4n) is 2.56. The molecular weight excluding hydrogens is 580 g/mol. The monoisotopic (exact) mass is 595 g/mol. The van der Waals surface area contributed by atoms with E-state index in [9.17, 15) is 14.4 Å². The largest absolute Gasteiger partial charge is 0.423 e. The normalized spacial score (nSPS) is 10.6. The lowest BCUT2D eigenvalue weighted by Gasteiger charge is -2.06. The molecule has 3 aromatic carbocycles. The third-order valence-electron chi connectivity index (χ3n) is 4.17. The lowest BCUT2D eigenvalue weighted by molar-refractivity contribution is -0.120. The van der Waals surface area contributed by atoms with Gasteiger partial charge in [-0.1, -0.05) is 35.3 Å². The van der Waals surface area contributed by atoms with Gasteiger partial charge in [-0.05, 0) is 82.8 Å². The molecular formula is C23H16Cl2IN3O4. The molecule has 0 heterocycles. The number of amides is 2. The summed E-state index contributed by atoms with van der Waals surface area (Å²) in [5.41, 5.74) is 3.68. The van der Waals surface area contributed by atoms with Crippen molar-refractivity contribution >= 4 is 69.8 Å². The Morgan fingerprint density at radius 1 is 0.970 bits per heavy atom. The molecule has 2 amide bonds. The Balaban J connectivity index is 1.47. The molecule has 168 valence electrons. The van der Waals surface area contributed by atoms with Crippen LogP contribution in [-0.2, 0) is 4.79 Å². The van der Waals surface area contributed by atoms with Gasteiger partial charge in [0.05, 0.1) is 28.9 Å². The number of hydrazone groups is 1. The number of esters is 1. The molecule has 0 aliphatic rings. The quantitative estimate of drug-likeness (QED) is 0.136. The van der Waals surface area contributed by atoms with Crippen LogP contribution in [0.2, 0.25) is 10.0 Å². The number of ether oxygens (including phenoxy) is 1. The van der Waals surface area contributed by atoms with Crippen molar-refractivity contribution in [2.24, 2.45) is 5.10 Å². The minimum atomic E-state index is -0.613. The van der Waals surface area contributed by atoms with Crippen molar-refractivity contribution in [2.75, 3.05) is 6.54 Å². The zero-order valence-electron chi connectivity index (χ0n) is 16.8. The molecule has 0 saturated carbocycles. The summed E-state index contributed by atoms with van der Waals surface area (Å²) in [7, 11) is 0. The minimum Gasteiger partial charge on any atom is -0.423 e. The average molecular weight is 596 g/mol. The maximum absolute atomic E-state index is 12.2. The van der Waals surface area contributed by atoms with Crippen molar-refractivity contribution in [2.45, 2.75) is 0 Å². The summed E-state index contributed by atoms with van der Waals surface area (Å²) in [6, 6.07) is 18.0. The third-order valence-corrected chi connectivity index (χ3v) is 5.66. The molecule has 0 unspecified atom stereocenters. The number of hydrogen-bond donors (Lipinski definition) is 2. The number of carbonyl (C=O) groups is 3. The second-order valence-corrected chi connectivity index (χ2v) is 8.54. The number of benzene rings is 3. The number of nitrogens with one attached hydrogen (secondary N) is 2. The van der Waals surface area contributed by atoms with Crippen LogP contribution in [0.3, 0.4) is 0 Å². The van der Waals surface area contributed by atoms with Crippen LogP contribution in [-0.4, -0.2) is 30.5 Å². The molecule has 0 aliphatic heterocycles. The van der Waals surface area contributed by atoms with Crippen LogP contribution in [0.15, 0.2) is 71.8 Å². The predicted octanol–water partition coefficient (Wildman–Crippen LogP) is 4.70. The molecule has 0 aromatic heterocycles. The Kier molecular flexibility index (Phi) is 8.81. The lowest BCUT2D eigenvalue weighted by Crippen LogP contribution is -2.35. The summed E-state index contributed by atoms with van der Waals surface area (Å²) in [6.45, 7) is -0.219. The molecule has 0 atom stereocenters. The second-order valence-electron chi connectivity index (χ2n) is 6.54. The number of carbonyl (C=O) groups excluding carboxylic acids is 3. The van der Waals surface area contributed by atoms with Crippen LogP contribution in [0.25, 0.3) is 0 Å². The summed E-state index contributed by atoms with van der Waals surface area (Å²) < 4.78 is 6.08. The van der Waals surface area contributed by atoms with E-state index in [0.717, 1.165) is 3.57 Å². The Labute approximate surface area is 213 Å². The molecule has 2 N–H and O–H groups in total. The van der Waals surface area contributed by atoms with Crippen LogP contribution < -0.4 is 15.5 Å². The van der Waals surface area contributed by atoms with Gasteiger partial charge in [0.15, 0.2) is 0 Å². The lowest BCUT2D eigenvalue weighted by atomic mass is 10.2. The van der Waals surface area contributed by atoms with Crippen LogP contribution >= 0.6 is 45.8 Å². The molecule has 3 rings (SSSR count). The highest BCUT2D eigenvalue weighted by Crippen LogP contribution is 2.23. The van der Waals surface area contributed by atoms with Crippen molar-refractivity contribution in [1.82, 2.24) is 10.7 Å². The smallest absolute Gasteiger partial charge is 0.345 e. The zero-order valence-corrected chi connectivity index (χ0v) is 20.5. The Morgan fingerprint density at radius 2 is 1.70 bits per heavy atom. The molecule has 3 aromatic rings. The van der Waals surface area contributed by atoms with E-state index in [4.69, 9.17) is 27.9 Å². The number of nitrogens with zero attached hydrogens (tertiary/aromatic N) is 1. The van der Waals surface area contributed by atoms with Gasteiger partial charge in [0.1, 0.15) is 5.75 Å². The van der Waals surface area contributed by atoms with E-state index >= 15 is 0 Å². The molecule has 0 saturated heterocycles. The van der Waals surface area contributed by atoms with Crippen molar-refractivity contribution in [3.8, 4) is 5.75 Å². The first-order valence-electron chi connectivity index (χ1n) is 9.45. The first kappa shape index (κ1) is 24.7. The number of halogens is 3. The number of rotatable bonds is 7. The predicted molar refractivity (Wildman–Crippen MR) is 135 cm³/mol. The molecule has 0 fully saturated rings. The van der Waals surface area contributed by atoms with Gasteiger partial charge in [0.2, 0.25) is 0 Å². The maximum atomic E-state index is 12.2. The van der Waals surface area contributed by atoms with Crippen molar-refractivity contribution in [1.29, 1.82) is 0 Å². The van der Waals surface area contributed by atoms with Gasteiger partial charge in [-0.25, -0.2) is 10.2 Å². The third kappa shape index (κ3) is 7.28. The summed E-state index contributed by atoms with van der Waals surface area (Å²) in [4.78, 5) is 36.3. The fraction of sp³-hybridized carbons (Fsp3) is 0.0435. The van der Waals surface area contributed by atoms with Gasteiger partial charge in [-0.15, -0.1) is 0 Å². The van der Waals surface area contributed by atoms with Gasteiger partial charge in [-0.3, -0.25) is 9.59 Å². The Bertz CT molecular complexity index is 1220. The van der Waals surface area contributed by atoms with E-state index in [-0.39, 0.29) is 23.0 Å². The average Bonchev–Trinajstić information content (AvgIpc) is 2.79. The molecule has 0 aliphatic carbocycles. The van der Waals surface area contributed by atoms with E-state index in [2.05, 4.69) is 38.4 Å². The first-order chi connectivity index (χ1) is 15.8. The molecule has 7 nitrogen and oxygen atoms in total. The second kappa shape index (κ2) is 11.8. The van der Waals surface area contributed by atoms with Gasteiger partial charge in [0, 0.05) is 8.59 Å². The van der Waals surface area contributed by atoms with Crippen LogP contribution in [0.4, 0.5) is 0 Å². The van der Waals surface area contributed by atoms with Gasteiger partial charge < -0.3 is 10.1 Å². The molecule has 0 radical (unpaired) electrons. The van der Waals surface area contributed by atoms with E-state index in [1.807, 2.05) is 6.07 Å². The highest BCUT2D eigenvalue weighted by Gasteiger charge is 2.13. The van der Waals surface area contributed by atoms with E-state index in [1.165, 1.54) is 18.3 Å². The fourth-order valence-corrected chi connectivity index (χ4v) is 3.68. The van der Waals surface area contributed by atoms with Crippen LogP contribution in [0.1, 0.15) is 26.3 Å². The minimum absolute atomic E-state index is 0.196. The zero-order chi connectivity index (χ0) is 23.8. The Hall–Kier alpha value is -2.95. The van der Waals surface area contributed by atoms with Gasteiger partial charge in [0.25, 0.3) is 11.8 Å². The highest BCUT2D eigenvalue weighted by atomic mass is 127. The maximum Gasteiger partial charge on any atom is 0.345 e.